The van der Waals surface area contributed by atoms with Crippen molar-refractivity contribution in [3.8, 4) is 0 Å². The van der Waals surface area contributed by atoms with Crippen LogP contribution in [-0.2, 0) is 6.42 Å². The molecule has 1 aromatic carbocycles. The molecule has 0 atom stereocenters. The van der Waals surface area contributed by atoms with Crippen molar-refractivity contribution in [1.82, 2.24) is 10.6 Å². The lowest BCUT2D eigenvalue weighted by atomic mass is 10.1. The molecule has 0 heterocycles. The van der Waals surface area contributed by atoms with Crippen LogP contribution >= 0.6 is 12.2 Å². The number of thiocarbonyl (C=S) groups is 1. The fourth-order valence-electron chi connectivity index (χ4n) is 1.51. The third-order valence-electron chi connectivity index (χ3n) is 2.36. The minimum atomic E-state index is 0.387. The van der Waals surface area contributed by atoms with E-state index in [1.165, 1.54) is 11.1 Å². The van der Waals surface area contributed by atoms with Crippen molar-refractivity contribution in [2.45, 2.75) is 33.2 Å². The Morgan fingerprint density at radius 2 is 2.00 bits per heavy atom. The molecule has 1 rings (SSSR count). The van der Waals surface area contributed by atoms with Gasteiger partial charge in [0.2, 0.25) is 0 Å². The van der Waals surface area contributed by atoms with Gasteiger partial charge in [0.25, 0.3) is 0 Å². The fraction of sp³-hybridized carbons (Fsp3) is 0.462. The van der Waals surface area contributed by atoms with Gasteiger partial charge in [-0.15, -0.1) is 0 Å². The van der Waals surface area contributed by atoms with Gasteiger partial charge in [-0.05, 0) is 50.5 Å². The highest BCUT2D eigenvalue weighted by Gasteiger charge is 1.99. The van der Waals surface area contributed by atoms with Crippen molar-refractivity contribution in [3.63, 3.8) is 0 Å². The lowest BCUT2D eigenvalue weighted by molar-refractivity contribution is 0.710. The summed E-state index contributed by atoms with van der Waals surface area (Å²) in [5.41, 5.74) is 2.72. The summed E-state index contributed by atoms with van der Waals surface area (Å²) < 4.78 is 0. The molecular weight excluding hydrogens is 216 g/mol. The van der Waals surface area contributed by atoms with E-state index in [4.69, 9.17) is 12.2 Å². The molecule has 3 heteroatoms. The maximum absolute atomic E-state index is 5.16. The summed E-state index contributed by atoms with van der Waals surface area (Å²) in [7, 11) is 0. The van der Waals surface area contributed by atoms with E-state index in [2.05, 4.69) is 55.7 Å². The number of rotatable bonds is 4. The van der Waals surface area contributed by atoms with Gasteiger partial charge in [0.1, 0.15) is 0 Å². The summed E-state index contributed by atoms with van der Waals surface area (Å²) >= 11 is 5.16. The Labute approximate surface area is 103 Å². The van der Waals surface area contributed by atoms with Crippen LogP contribution in [0.2, 0.25) is 0 Å². The predicted molar refractivity (Wildman–Crippen MR) is 73.8 cm³/mol. The van der Waals surface area contributed by atoms with Crippen LogP contribution in [0.15, 0.2) is 24.3 Å². The fourth-order valence-corrected chi connectivity index (χ4v) is 1.85. The third kappa shape index (κ3) is 4.62. The van der Waals surface area contributed by atoms with Crippen LogP contribution in [0, 0.1) is 6.92 Å². The van der Waals surface area contributed by atoms with Crippen LogP contribution in [0.1, 0.15) is 25.0 Å². The molecule has 0 saturated carbocycles. The molecule has 0 saturated heterocycles. The van der Waals surface area contributed by atoms with Crippen molar-refractivity contribution in [1.29, 1.82) is 0 Å². The van der Waals surface area contributed by atoms with Crippen LogP contribution in [0.25, 0.3) is 0 Å². The minimum Gasteiger partial charge on any atom is -0.362 e. The molecule has 2 N–H and O–H groups in total. The quantitative estimate of drug-likeness (QED) is 0.785. The van der Waals surface area contributed by atoms with Gasteiger partial charge >= 0.3 is 0 Å². The number of benzene rings is 1. The molecule has 0 radical (unpaired) electrons. The number of hydrogen-bond donors (Lipinski definition) is 2. The highest BCUT2D eigenvalue weighted by molar-refractivity contribution is 7.80. The SMILES string of the molecule is Cc1ccccc1CCNC(=S)NC(C)C. The topological polar surface area (TPSA) is 24.1 Å². The number of nitrogens with one attached hydrogen (secondary N) is 2. The summed E-state index contributed by atoms with van der Waals surface area (Å²) in [5.74, 6) is 0. The highest BCUT2D eigenvalue weighted by atomic mass is 32.1. The molecular formula is C13H20N2S. The highest BCUT2D eigenvalue weighted by Crippen LogP contribution is 2.06. The molecule has 0 aliphatic rings. The van der Waals surface area contributed by atoms with Gasteiger partial charge in [-0.25, -0.2) is 0 Å². The maximum atomic E-state index is 5.16. The van der Waals surface area contributed by atoms with Crippen molar-refractivity contribution in [3.05, 3.63) is 35.4 Å². The van der Waals surface area contributed by atoms with Crippen LogP contribution < -0.4 is 10.6 Å². The Morgan fingerprint density at radius 1 is 1.31 bits per heavy atom. The smallest absolute Gasteiger partial charge is 0.166 e. The lowest BCUT2D eigenvalue weighted by Crippen LogP contribution is -2.40. The second kappa shape index (κ2) is 6.48. The lowest BCUT2D eigenvalue weighted by Gasteiger charge is -2.13. The second-order valence-corrected chi connectivity index (χ2v) is 4.64. The third-order valence-corrected chi connectivity index (χ3v) is 2.62. The summed E-state index contributed by atoms with van der Waals surface area (Å²) in [6.07, 6.45) is 1.01. The Kier molecular flexibility index (Phi) is 5.26. The molecule has 0 aliphatic heterocycles. The largest absolute Gasteiger partial charge is 0.362 e. The zero-order valence-corrected chi connectivity index (χ0v) is 11.0. The Hall–Kier alpha value is -1.09. The van der Waals surface area contributed by atoms with Gasteiger partial charge < -0.3 is 10.6 Å². The normalized spacial score (nSPS) is 10.2. The molecule has 2 nitrogen and oxygen atoms in total. The van der Waals surface area contributed by atoms with E-state index in [0.29, 0.717) is 6.04 Å². The number of hydrogen-bond acceptors (Lipinski definition) is 1. The van der Waals surface area contributed by atoms with E-state index in [-0.39, 0.29) is 0 Å². The molecule has 0 aromatic heterocycles. The van der Waals surface area contributed by atoms with Crippen molar-refractivity contribution < 1.29 is 0 Å². The van der Waals surface area contributed by atoms with Gasteiger partial charge in [0.05, 0.1) is 0 Å². The van der Waals surface area contributed by atoms with Gasteiger partial charge in [-0.1, -0.05) is 24.3 Å². The average molecular weight is 236 g/mol. The first-order chi connectivity index (χ1) is 7.59. The first-order valence-electron chi connectivity index (χ1n) is 5.68. The van der Waals surface area contributed by atoms with E-state index >= 15 is 0 Å². The van der Waals surface area contributed by atoms with Gasteiger partial charge in [-0.2, -0.15) is 0 Å². The van der Waals surface area contributed by atoms with E-state index in [9.17, 15) is 0 Å². The van der Waals surface area contributed by atoms with E-state index < -0.39 is 0 Å². The monoisotopic (exact) mass is 236 g/mol. The van der Waals surface area contributed by atoms with Gasteiger partial charge in [0, 0.05) is 12.6 Å². The van der Waals surface area contributed by atoms with Crippen LogP contribution in [-0.4, -0.2) is 17.7 Å². The molecule has 0 fully saturated rings. The molecule has 0 unspecified atom stereocenters. The zero-order valence-electron chi connectivity index (χ0n) is 10.2. The average Bonchev–Trinajstić information content (AvgIpc) is 2.19. The number of aryl methyl sites for hydroxylation is 1. The van der Waals surface area contributed by atoms with Crippen LogP contribution in [0.5, 0.6) is 0 Å². The van der Waals surface area contributed by atoms with Crippen LogP contribution in [0.3, 0.4) is 0 Å². The van der Waals surface area contributed by atoms with Crippen LogP contribution in [0.4, 0.5) is 0 Å². The Morgan fingerprint density at radius 3 is 2.62 bits per heavy atom. The van der Waals surface area contributed by atoms with Crippen molar-refractivity contribution >= 4 is 17.3 Å². The van der Waals surface area contributed by atoms with E-state index in [1.807, 2.05) is 0 Å². The summed E-state index contributed by atoms with van der Waals surface area (Å²) in [6, 6.07) is 8.83. The molecule has 0 bridgehead atoms. The van der Waals surface area contributed by atoms with E-state index in [1.54, 1.807) is 0 Å². The zero-order chi connectivity index (χ0) is 12.0. The van der Waals surface area contributed by atoms with Crippen molar-refractivity contribution in [2.24, 2.45) is 0 Å². The first kappa shape index (κ1) is 13.0. The molecule has 0 aliphatic carbocycles. The molecule has 16 heavy (non-hydrogen) atoms. The van der Waals surface area contributed by atoms with Gasteiger partial charge in [-0.3, -0.25) is 0 Å². The Bertz CT molecular complexity index is 348. The first-order valence-corrected chi connectivity index (χ1v) is 6.09. The molecule has 0 amide bonds. The minimum absolute atomic E-state index is 0.387. The second-order valence-electron chi connectivity index (χ2n) is 4.23. The predicted octanol–water partition coefficient (Wildman–Crippen LogP) is 2.41. The van der Waals surface area contributed by atoms with E-state index in [0.717, 1.165) is 18.1 Å². The maximum Gasteiger partial charge on any atom is 0.166 e. The summed E-state index contributed by atoms with van der Waals surface area (Å²) in [4.78, 5) is 0. The Balaban J connectivity index is 2.31. The summed E-state index contributed by atoms with van der Waals surface area (Å²) in [5, 5.41) is 7.11. The van der Waals surface area contributed by atoms with Gasteiger partial charge in [0.15, 0.2) is 5.11 Å². The summed E-state index contributed by atoms with van der Waals surface area (Å²) in [6.45, 7) is 7.17. The molecule has 1 aromatic rings. The van der Waals surface area contributed by atoms with Crippen molar-refractivity contribution in [2.75, 3.05) is 6.54 Å². The molecule has 0 spiro atoms. The molecule has 88 valence electrons. The standard InChI is InChI=1S/C13H20N2S/c1-10(2)15-13(16)14-9-8-12-7-5-4-6-11(12)3/h4-7,10H,8-9H2,1-3H3,(H2,14,15,16).